The molecule has 0 bridgehead atoms. The monoisotopic (exact) mass is 578 g/mol. The lowest BCUT2D eigenvalue weighted by Gasteiger charge is -2.50. The van der Waals surface area contributed by atoms with Gasteiger partial charge in [0.1, 0.15) is 22.8 Å². The number of aromatic hydroxyl groups is 1. The minimum absolute atomic E-state index is 0.00556. The molecule has 5 rings (SSSR count). The highest BCUT2D eigenvalue weighted by molar-refractivity contribution is 6.25. The van der Waals surface area contributed by atoms with Gasteiger partial charge in [0.15, 0.2) is 17.2 Å². The van der Waals surface area contributed by atoms with Crippen molar-refractivity contribution >= 4 is 23.1 Å². The molecule has 0 spiro atoms. The zero-order valence-corrected chi connectivity index (χ0v) is 23.6. The normalized spacial score (nSPS) is 28.6. The summed E-state index contributed by atoms with van der Waals surface area (Å²) in [4.78, 5) is 42.7. The Kier molecular flexibility index (Phi) is 6.35. The van der Waals surface area contributed by atoms with E-state index >= 15 is 0 Å². The first-order valence-corrected chi connectivity index (χ1v) is 13.3. The Labute approximate surface area is 234 Å². The number of rotatable bonds is 2. The SMILES string of the molecule is CC(=O)C1=C(O)[C@@]2(O)C(=O)C3=C(O)c4c(O)c5c(c(C(F)(F)F)c4C[C@H]3C[C@H]2[C@H](N(C)C)C1=O)CN(C(C)(C)C)C5. The van der Waals surface area contributed by atoms with E-state index in [-0.39, 0.29) is 36.2 Å². The number of fused-ring (bicyclic) bond motifs is 4. The average Bonchev–Trinajstić information content (AvgIpc) is 3.26. The van der Waals surface area contributed by atoms with Crippen LogP contribution in [0.4, 0.5) is 13.2 Å². The van der Waals surface area contributed by atoms with E-state index in [0.717, 1.165) is 6.92 Å². The molecule has 4 N–H and O–H groups in total. The van der Waals surface area contributed by atoms with Gasteiger partial charge in [0.05, 0.1) is 17.2 Å². The highest BCUT2D eigenvalue weighted by Gasteiger charge is 2.64. The van der Waals surface area contributed by atoms with Gasteiger partial charge in [-0.05, 0) is 71.7 Å². The molecular weight excluding hydrogens is 545 g/mol. The number of ketones is 3. The molecule has 4 aliphatic rings. The summed E-state index contributed by atoms with van der Waals surface area (Å²) in [5, 5.41) is 45.4. The Morgan fingerprint density at radius 3 is 2.12 bits per heavy atom. The lowest BCUT2D eigenvalue weighted by Crippen LogP contribution is -2.65. The maximum Gasteiger partial charge on any atom is 0.417 e. The van der Waals surface area contributed by atoms with E-state index in [9.17, 15) is 48.0 Å². The fourth-order valence-corrected chi connectivity index (χ4v) is 7.19. The first-order chi connectivity index (χ1) is 18.7. The van der Waals surface area contributed by atoms with Crippen molar-refractivity contribution in [2.24, 2.45) is 11.8 Å². The smallest absolute Gasteiger partial charge is 0.417 e. The molecular formula is C29H33F3N2O7. The number of phenolic OH excluding ortho intramolecular Hbond substituents is 1. The van der Waals surface area contributed by atoms with Gasteiger partial charge in [-0.2, -0.15) is 13.2 Å². The molecule has 0 saturated heterocycles. The molecule has 0 radical (unpaired) electrons. The van der Waals surface area contributed by atoms with Gasteiger partial charge in [0.25, 0.3) is 0 Å². The van der Waals surface area contributed by atoms with E-state index in [0.29, 0.717) is 0 Å². The predicted molar refractivity (Wildman–Crippen MR) is 140 cm³/mol. The van der Waals surface area contributed by atoms with E-state index < -0.39 is 98.5 Å². The molecule has 3 aliphatic carbocycles. The summed E-state index contributed by atoms with van der Waals surface area (Å²) in [7, 11) is 2.97. The fourth-order valence-electron chi connectivity index (χ4n) is 7.19. The second-order valence-corrected chi connectivity index (χ2v) is 12.7. The number of phenols is 1. The number of nitrogens with zero attached hydrogens (tertiary/aromatic N) is 2. The molecule has 1 fully saturated rings. The maximum absolute atomic E-state index is 14.7. The Morgan fingerprint density at radius 1 is 1.02 bits per heavy atom. The van der Waals surface area contributed by atoms with Crippen LogP contribution in [-0.2, 0) is 40.1 Å². The van der Waals surface area contributed by atoms with Gasteiger partial charge in [0, 0.05) is 35.7 Å². The maximum atomic E-state index is 14.7. The van der Waals surface area contributed by atoms with Crippen LogP contribution in [0.25, 0.3) is 5.76 Å². The fraction of sp³-hybridized carbons (Fsp3) is 0.552. The highest BCUT2D eigenvalue weighted by Crippen LogP contribution is 2.56. The number of carbonyl (C=O) groups is 3. The molecule has 1 aromatic carbocycles. The van der Waals surface area contributed by atoms with Gasteiger partial charge >= 0.3 is 6.18 Å². The van der Waals surface area contributed by atoms with E-state index in [1.165, 1.54) is 19.0 Å². The standard InChI is InChI=1S/C29H33F3N2O7/c1-11(35)17-24(38)21(33(5)6)16-8-12-7-13-19(23(37)18(12)26(40)28(16,41)25(17)39)22(36)15-10-34(27(2,3)4)9-14(15)20(13)29(30,31)32/h12,16,21,36-37,39,41H,7-10H2,1-6H3/t12-,16-,21-,28+/m0/s1. The van der Waals surface area contributed by atoms with Crippen molar-refractivity contribution in [3.8, 4) is 5.75 Å². The van der Waals surface area contributed by atoms with Crippen LogP contribution in [0.1, 0.15) is 61.9 Å². The third-order valence-electron chi connectivity index (χ3n) is 9.14. The summed E-state index contributed by atoms with van der Waals surface area (Å²) in [6.45, 7) is 6.39. The molecule has 1 aliphatic heterocycles. The Morgan fingerprint density at radius 2 is 1.61 bits per heavy atom. The molecule has 1 aromatic rings. The first kappa shape index (κ1) is 29.3. The van der Waals surface area contributed by atoms with Crippen LogP contribution >= 0.6 is 0 Å². The van der Waals surface area contributed by atoms with Crippen LogP contribution in [0, 0.1) is 11.8 Å². The van der Waals surface area contributed by atoms with Crippen LogP contribution in [0.15, 0.2) is 16.9 Å². The van der Waals surface area contributed by atoms with Crippen molar-refractivity contribution in [2.45, 2.75) is 77.0 Å². The van der Waals surface area contributed by atoms with Gasteiger partial charge in [0.2, 0.25) is 5.78 Å². The lowest BCUT2D eigenvalue weighted by atomic mass is 9.57. The molecule has 12 heteroatoms. The Bertz CT molecular complexity index is 1480. The lowest BCUT2D eigenvalue weighted by molar-refractivity contribution is -0.153. The molecule has 41 heavy (non-hydrogen) atoms. The third kappa shape index (κ3) is 3.90. The van der Waals surface area contributed by atoms with Crippen LogP contribution in [-0.4, -0.2) is 78.9 Å². The number of carbonyl (C=O) groups excluding carboxylic acids is 3. The molecule has 222 valence electrons. The first-order valence-electron chi connectivity index (χ1n) is 13.3. The second kappa shape index (κ2) is 8.89. The van der Waals surface area contributed by atoms with Crippen molar-refractivity contribution in [3.05, 3.63) is 44.7 Å². The summed E-state index contributed by atoms with van der Waals surface area (Å²) < 4.78 is 44.1. The van der Waals surface area contributed by atoms with Crippen LogP contribution in [0.3, 0.4) is 0 Å². The van der Waals surface area contributed by atoms with E-state index in [4.69, 9.17) is 0 Å². The van der Waals surface area contributed by atoms with E-state index in [1.54, 1.807) is 4.90 Å². The third-order valence-corrected chi connectivity index (χ3v) is 9.14. The van der Waals surface area contributed by atoms with Gasteiger partial charge in [-0.25, -0.2) is 0 Å². The molecule has 9 nitrogen and oxygen atoms in total. The number of aliphatic hydroxyl groups is 3. The Hall–Kier alpha value is -3.22. The van der Waals surface area contributed by atoms with Gasteiger partial charge < -0.3 is 20.4 Å². The number of halogens is 3. The van der Waals surface area contributed by atoms with Crippen molar-refractivity contribution < 1.29 is 48.0 Å². The minimum Gasteiger partial charge on any atom is -0.508 e. The van der Waals surface area contributed by atoms with E-state index in [1.807, 2.05) is 20.8 Å². The number of likely N-dealkylation sites (N-methyl/N-ethyl adjacent to an activating group) is 1. The minimum atomic E-state index is -4.85. The number of benzene rings is 1. The molecule has 0 unspecified atom stereocenters. The number of hydrogen-bond donors (Lipinski definition) is 4. The molecule has 1 heterocycles. The molecule has 4 atom stereocenters. The van der Waals surface area contributed by atoms with Gasteiger partial charge in [-0.1, -0.05) is 0 Å². The quantitative estimate of drug-likeness (QED) is 0.390. The van der Waals surface area contributed by atoms with Crippen molar-refractivity contribution in [3.63, 3.8) is 0 Å². The summed E-state index contributed by atoms with van der Waals surface area (Å²) in [6, 6.07) is -1.25. The van der Waals surface area contributed by atoms with Crippen LogP contribution in [0.5, 0.6) is 5.75 Å². The van der Waals surface area contributed by atoms with Crippen LogP contribution < -0.4 is 0 Å². The topological polar surface area (TPSA) is 139 Å². The number of hydrogen-bond acceptors (Lipinski definition) is 9. The number of Topliss-reactive ketones (excluding diaryl/α,β-unsaturated/α-hetero) is 3. The second-order valence-electron chi connectivity index (χ2n) is 12.7. The summed E-state index contributed by atoms with van der Waals surface area (Å²) >= 11 is 0. The van der Waals surface area contributed by atoms with Crippen molar-refractivity contribution in [1.82, 2.24) is 9.80 Å². The summed E-state index contributed by atoms with van der Waals surface area (Å²) in [5.74, 6) is -7.93. The largest absolute Gasteiger partial charge is 0.508 e. The predicted octanol–water partition coefficient (Wildman–Crippen LogP) is 3.20. The number of aliphatic hydroxyl groups excluding tert-OH is 2. The molecule has 0 amide bonds. The summed E-state index contributed by atoms with van der Waals surface area (Å²) in [6.07, 6.45) is -5.51. The molecule has 1 saturated carbocycles. The van der Waals surface area contributed by atoms with Crippen molar-refractivity contribution in [2.75, 3.05) is 14.1 Å². The van der Waals surface area contributed by atoms with E-state index in [2.05, 4.69) is 0 Å². The summed E-state index contributed by atoms with van der Waals surface area (Å²) in [5.41, 5.74) is -6.48. The average molecular weight is 579 g/mol. The van der Waals surface area contributed by atoms with Crippen molar-refractivity contribution in [1.29, 1.82) is 0 Å². The van der Waals surface area contributed by atoms with Gasteiger partial charge in [-0.15, -0.1) is 0 Å². The molecule has 0 aromatic heterocycles. The number of alkyl halides is 3. The van der Waals surface area contributed by atoms with Crippen LogP contribution in [0.2, 0.25) is 0 Å². The van der Waals surface area contributed by atoms with Gasteiger partial charge in [-0.3, -0.25) is 24.2 Å². The Balaban J connectivity index is 1.78. The zero-order valence-electron chi connectivity index (χ0n) is 23.6. The zero-order chi connectivity index (χ0) is 30.7. The highest BCUT2D eigenvalue weighted by atomic mass is 19.4.